The number of halogens is 1. The SMILES string of the molecule is C/C=C/C(O[Si](C)(C)C(C)(C)C)C(C)(C)C(C/C=C\[C@H]1C[C@H]1/C=C/C=C\c1nc(C(=O)OC)cs1)OC(=O)c1csc(/C=C\Br)n1. The van der Waals surface area contributed by atoms with E-state index in [0.29, 0.717) is 29.6 Å². The Labute approximate surface area is 291 Å². The van der Waals surface area contributed by atoms with Crippen molar-refractivity contribution in [2.75, 3.05) is 7.11 Å². The van der Waals surface area contributed by atoms with E-state index in [2.05, 4.69) is 97.9 Å². The van der Waals surface area contributed by atoms with E-state index in [1.807, 2.05) is 31.2 Å². The van der Waals surface area contributed by atoms with Gasteiger partial charge in [-0.25, -0.2) is 19.6 Å². The number of ether oxygens (including phenoxy) is 2. The fraction of sp³-hybridized carbons (Fsp3) is 0.486. The average Bonchev–Trinajstić information content (AvgIpc) is 3.32. The van der Waals surface area contributed by atoms with Crippen LogP contribution in [0.15, 0.2) is 58.3 Å². The van der Waals surface area contributed by atoms with Crippen molar-refractivity contribution < 1.29 is 23.5 Å². The molecule has 0 N–H and O–H groups in total. The molecule has 7 nitrogen and oxygen atoms in total. The Morgan fingerprint density at radius 1 is 1.00 bits per heavy atom. The van der Waals surface area contributed by atoms with Crippen LogP contribution in [0.3, 0.4) is 0 Å². The second-order valence-corrected chi connectivity index (χ2v) is 20.5. The molecule has 0 spiro atoms. The molecule has 2 aromatic heterocycles. The fourth-order valence-electron chi connectivity index (χ4n) is 4.46. The van der Waals surface area contributed by atoms with Crippen molar-refractivity contribution in [1.82, 2.24) is 9.97 Å². The van der Waals surface area contributed by atoms with Gasteiger partial charge in [-0.3, -0.25) is 0 Å². The first-order valence-corrected chi connectivity index (χ1v) is 21.0. The van der Waals surface area contributed by atoms with Crippen LogP contribution in [0.1, 0.15) is 85.4 Å². The average molecular weight is 748 g/mol. The van der Waals surface area contributed by atoms with Crippen LogP contribution in [0.2, 0.25) is 18.1 Å². The summed E-state index contributed by atoms with van der Waals surface area (Å²) in [5.74, 6) is 0.0219. The zero-order valence-electron chi connectivity index (χ0n) is 28.3. The molecule has 0 amide bonds. The fourth-order valence-corrected chi connectivity index (χ4v) is 7.62. The smallest absolute Gasteiger partial charge is 0.358 e. The lowest BCUT2D eigenvalue weighted by Crippen LogP contribution is -2.51. The normalized spacial score (nSPS) is 19.2. The van der Waals surface area contributed by atoms with Crippen molar-refractivity contribution >= 4 is 71.0 Å². The van der Waals surface area contributed by atoms with Crippen LogP contribution < -0.4 is 0 Å². The predicted octanol–water partition coefficient (Wildman–Crippen LogP) is 10.1. The highest BCUT2D eigenvalue weighted by Gasteiger charge is 2.46. The minimum Gasteiger partial charge on any atom is -0.464 e. The first-order chi connectivity index (χ1) is 21.6. The molecule has 1 aliphatic carbocycles. The van der Waals surface area contributed by atoms with Gasteiger partial charge in [0.2, 0.25) is 0 Å². The Morgan fingerprint density at radius 3 is 2.20 bits per heavy atom. The van der Waals surface area contributed by atoms with Gasteiger partial charge in [-0.2, -0.15) is 0 Å². The van der Waals surface area contributed by atoms with E-state index in [9.17, 15) is 9.59 Å². The quantitative estimate of drug-likeness (QED) is 0.0776. The number of nitrogens with zero attached hydrogens (tertiary/aromatic N) is 2. The maximum Gasteiger partial charge on any atom is 0.358 e. The highest BCUT2D eigenvalue weighted by Crippen LogP contribution is 2.43. The molecule has 250 valence electrons. The standard InChI is InChI=1S/C35H47BrN2O5S2Si/c1-10-14-29(43-46(8,9)34(2,3)4)35(5,6)28(42-33(40)27-23-45-31(38-27)19-20-36)17-13-16-25-21-24(25)15-11-12-18-30-37-26(22-44-30)32(39)41-7/h10-16,18-20,22-25,28-29H,17,21H2,1-9H3/b14-10+,15-11+,16-13-,18-12-,20-19-/t24-,25+,28?,29?/m1/s1. The second-order valence-electron chi connectivity index (χ2n) is 13.4. The van der Waals surface area contributed by atoms with Crippen molar-refractivity contribution in [2.24, 2.45) is 17.3 Å². The molecule has 4 atom stereocenters. The lowest BCUT2D eigenvalue weighted by atomic mass is 9.79. The third-order valence-corrected chi connectivity index (χ3v) is 14.9. The maximum atomic E-state index is 13.4. The number of hydrogen-bond acceptors (Lipinski definition) is 9. The van der Waals surface area contributed by atoms with Crippen LogP contribution in [0.25, 0.3) is 12.2 Å². The number of methoxy groups -OCH3 is 1. The van der Waals surface area contributed by atoms with Gasteiger partial charge in [0.15, 0.2) is 19.7 Å². The summed E-state index contributed by atoms with van der Waals surface area (Å²) in [6.45, 7) is 17.5. The number of thiazole rings is 2. The Bertz CT molecular complexity index is 1480. The van der Waals surface area contributed by atoms with E-state index < -0.39 is 31.8 Å². The van der Waals surface area contributed by atoms with Crippen LogP contribution in [0.5, 0.6) is 0 Å². The highest BCUT2D eigenvalue weighted by atomic mass is 79.9. The molecule has 0 saturated heterocycles. The van der Waals surface area contributed by atoms with E-state index in [1.165, 1.54) is 29.8 Å². The summed E-state index contributed by atoms with van der Waals surface area (Å²) in [6.07, 6.45) is 19.3. The summed E-state index contributed by atoms with van der Waals surface area (Å²) in [4.78, 5) is 35.4. The molecule has 0 aromatic carbocycles. The van der Waals surface area contributed by atoms with Gasteiger partial charge in [-0.05, 0) is 60.4 Å². The van der Waals surface area contributed by atoms with Gasteiger partial charge < -0.3 is 13.9 Å². The van der Waals surface area contributed by atoms with Gasteiger partial charge in [-0.15, -0.1) is 22.7 Å². The lowest BCUT2D eigenvalue weighted by Gasteiger charge is -2.45. The minimum atomic E-state index is -2.13. The minimum absolute atomic E-state index is 0.0326. The number of aromatic nitrogens is 2. The third kappa shape index (κ3) is 10.5. The summed E-state index contributed by atoms with van der Waals surface area (Å²) in [5.41, 5.74) is 0.110. The van der Waals surface area contributed by atoms with Crippen molar-refractivity contribution in [3.05, 3.63) is 79.7 Å². The Morgan fingerprint density at radius 2 is 1.61 bits per heavy atom. The monoisotopic (exact) mass is 746 g/mol. The predicted molar refractivity (Wildman–Crippen MR) is 197 cm³/mol. The Kier molecular flexibility index (Phi) is 13.7. The number of carbonyl (C=O) groups is 2. The molecule has 2 unspecified atom stereocenters. The topological polar surface area (TPSA) is 87.6 Å². The summed E-state index contributed by atoms with van der Waals surface area (Å²) in [5, 5.41) is 4.95. The van der Waals surface area contributed by atoms with Crippen molar-refractivity contribution in [3.8, 4) is 0 Å². The number of rotatable bonds is 15. The Hall–Kier alpha value is -2.44. The molecule has 1 saturated carbocycles. The number of esters is 2. The summed E-state index contributed by atoms with van der Waals surface area (Å²) in [7, 11) is -0.784. The van der Waals surface area contributed by atoms with Crippen LogP contribution in [-0.2, 0) is 13.9 Å². The van der Waals surface area contributed by atoms with E-state index in [1.54, 1.807) is 21.8 Å². The number of allylic oxidation sites excluding steroid dienone is 5. The molecular weight excluding hydrogens is 701 g/mol. The Balaban J connectivity index is 1.73. The van der Waals surface area contributed by atoms with Crippen LogP contribution in [0, 0.1) is 17.3 Å². The largest absolute Gasteiger partial charge is 0.464 e. The number of carbonyl (C=O) groups excluding carboxylic acids is 2. The van der Waals surface area contributed by atoms with Crippen LogP contribution in [-0.4, -0.2) is 49.5 Å². The van der Waals surface area contributed by atoms with Gasteiger partial charge in [-0.1, -0.05) is 93.1 Å². The van der Waals surface area contributed by atoms with Crippen LogP contribution >= 0.6 is 38.6 Å². The zero-order chi connectivity index (χ0) is 34.1. The molecular formula is C35H47BrN2O5S2Si. The molecule has 1 aliphatic rings. The lowest BCUT2D eigenvalue weighted by molar-refractivity contribution is -0.0420. The molecule has 46 heavy (non-hydrogen) atoms. The molecule has 0 bridgehead atoms. The van der Waals surface area contributed by atoms with Crippen molar-refractivity contribution in [3.63, 3.8) is 0 Å². The van der Waals surface area contributed by atoms with Gasteiger partial charge in [0.25, 0.3) is 0 Å². The molecule has 2 aromatic rings. The summed E-state index contributed by atoms with van der Waals surface area (Å²) in [6, 6.07) is 0. The van der Waals surface area contributed by atoms with Gasteiger partial charge in [0.1, 0.15) is 16.1 Å². The van der Waals surface area contributed by atoms with E-state index in [4.69, 9.17) is 13.9 Å². The zero-order valence-corrected chi connectivity index (χ0v) is 32.5. The maximum absolute atomic E-state index is 13.4. The molecule has 2 heterocycles. The third-order valence-electron chi connectivity index (χ3n) is 8.59. The number of hydrogen-bond donors (Lipinski definition) is 0. The molecule has 0 radical (unpaired) electrons. The van der Waals surface area contributed by atoms with Gasteiger partial charge in [0, 0.05) is 22.6 Å². The highest BCUT2D eigenvalue weighted by molar-refractivity contribution is 9.11. The summed E-state index contributed by atoms with van der Waals surface area (Å²) < 4.78 is 17.9. The van der Waals surface area contributed by atoms with Gasteiger partial charge >= 0.3 is 11.9 Å². The van der Waals surface area contributed by atoms with Gasteiger partial charge in [0.05, 0.1) is 13.2 Å². The first kappa shape index (κ1) is 38.0. The van der Waals surface area contributed by atoms with E-state index in [-0.39, 0.29) is 11.1 Å². The first-order valence-electron chi connectivity index (χ1n) is 15.4. The molecule has 1 fully saturated rings. The van der Waals surface area contributed by atoms with E-state index >= 15 is 0 Å². The van der Waals surface area contributed by atoms with Crippen molar-refractivity contribution in [1.29, 1.82) is 0 Å². The van der Waals surface area contributed by atoms with E-state index in [0.717, 1.165) is 16.4 Å². The molecule has 0 aliphatic heterocycles. The second kappa shape index (κ2) is 16.6. The van der Waals surface area contributed by atoms with Crippen molar-refractivity contribution in [2.45, 2.75) is 84.7 Å². The van der Waals surface area contributed by atoms with Crippen LogP contribution in [0.4, 0.5) is 0 Å². The molecule has 3 rings (SSSR count). The molecule has 11 heteroatoms. The summed E-state index contributed by atoms with van der Waals surface area (Å²) >= 11 is 6.07.